The van der Waals surface area contributed by atoms with E-state index in [1.807, 2.05) is 24.3 Å². The fourth-order valence-corrected chi connectivity index (χ4v) is 6.82. The Labute approximate surface area is 177 Å². The summed E-state index contributed by atoms with van der Waals surface area (Å²) in [7, 11) is 1.60. The highest BCUT2D eigenvalue weighted by Gasteiger charge is 2.78. The Kier molecular flexibility index (Phi) is 4.46. The van der Waals surface area contributed by atoms with E-state index < -0.39 is 0 Å². The summed E-state index contributed by atoms with van der Waals surface area (Å²) in [5.41, 5.74) is 3.23. The van der Waals surface area contributed by atoms with E-state index >= 15 is 0 Å². The third-order valence-corrected chi connectivity index (χ3v) is 8.98. The topological polar surface area (TPSA) is 70.7 Å². The van der Waals surface area contributed by atoms with Crippen molar-refractivity contribution < 1.29 is 14.3 Å². The van der Waals surface area contributed by atoms with Crippen molar-refractivity contribution in [1.82, 2.24) is 10.4 Å². The van der Waals surface area contributed by atoms with Crippen LogP contribution in [-0.4, -0.2) is 29.0 Å². The summed E-state index contributed by atoms with van der Waals surface area (Å²) < 4.78 is 5.15. The van der Waals surface area contributed by atoms with Gasteiger partial charge in [0.1, 0.15) is 5.75 Å². The van der Waals surface area contributed by atoms with Crippen molar-refractivity contribution in [3.05, 3.63) is 24.3 Å². The summed E-state index contributed by atoms with van der Waals surface area (Å²) in [4.78, 5) is 26.7. The van der Waals surface area contributed by atoms with Crippen LogP contribution in [0.15, 0.2) is 24.3 Å². The number of hydrogen-bond donors (Lipinski definition) is 2. The smallest absolute Gasteiger partial charge is 0.252 e. The van der Waals surface area contributed by atoms with Gasteiger partial charge in [-0.2, -0.15) is 5.01 Å². The molecule has 156 valence electrons. The molecule has 1 heterocycles. The second-order valence-electron chi connectivity index (χ2n) is 9.29. The monoisotopic (exact) mass is 415 g/mol. The zero-order valence-corrected chi connectivity index (χ0v) is 18.6. The zero-order chi connectivity index (χ0) is 21.3. The van der Waals surface area contributed by atoms with Crippen LogP contribution in [0, 0.1) is 40.4 Å². The molecule has 1 aromatic carbocycles. The third kappa shape index (κ3) is 2.43. The first-order valence-corrected chi connectivity index (χ1v) is 10.6. The SMILES string of the molecule is COc1ccc(NC(=S)NN2C(=O)[C@@H]3[C@H](C2=O)[C@]2(C)C(C)C(C)[C@@]3(C)C2C)cc1. The number of nitrogens with one attached hydrogen (secondary N) is 2. The number of imide groups is 1. The maximum absolute atomic E-state index is 13.3. The fourth-order valence-electron chi connectivity index (χ4n) is 6.61. The normalized spacial score (nSPS) is 40.2. The molecule has 3 fully saturated rings. The summed E-state index contributed by atoms with van der Waals surface area (Å²) >= 11 is 5.37. The molecule has 7 heteroatoms. The summed E-state index contributed by atoms with van der Waals surface area (Å²) in [6, 6.07) is 7.26. The Balaban J connectivity index is 1.55. The highest BCUT2D eigenvalue weighted by molar-refractivity contribution is 7.80. The molecular weight excluding hydrogens is 386 g/mol. The molecule has 2 bridgehead atoms. The van der Waals surface area contributed by atoms with E-state index in [1.165, 1.54) is 0 Å². The van der Waals surface area contributed by atoms with Crippen molar-refractivity contribution in [1.29, 1.82) is 0 Å². The summed E-state index contributed by atoms with van der Waals surface area (Å²) in [5, 5.41) is 4.40. The molecule has 1 aromatic rings. The van der Waals surface area contributed by atoms with Crippen LogP contribution in [0.5, 0.6) is 5.75 Å². The zero-order valence-electron chi connectivity index (χ0n) is 17.8. The Hall–Kier alpha value is -2.15. The largest absolute Gasteiger partial charge is 0.497 e. The molecule has 1 saturated heterocycles. The summed E-state index contributed by atoms with van der Waals surface area (Å²) in [6.45, 7) is 11.1. The number of hydrazine groups is 1. The van der Waals surface area contributed by atoms with Gasteiger partial charge >= 0.3 is 0 Å². The molecular formula is C22H29N3O3S. The van der Waals surface area contributed by atoms with E-state index in [-0.39, 0.29) is 39.6 Å². The van der Waals surface area contributed by atoms with Gasteiger partial charge in [-0.3, -0.25) is 15.0 Å². The van der Waals surface area contributed by atoms with Crippen LogP contribution < -0.4 is 15.5 Å². The second kappa shape index (κ2) is 6.42. The van der Waals surface area contributed by atoms with Gasteiger partial charge in [0.2, 0.25) is 0 Å². The average molecular weight is 416 g/mol. The van der Waals surface area contributed by atoms with E-state index in [0.29, 0.717) is 17.8 Å². The van der Waals surface area contributed by atoms with Crippen molar-refractivity contribution in [2.75, 3.05) is 12.4 Å². The number of carbonyl (C=O) groups is 2. The maximum atomic E-state index is 13.3. The van der Waals surface area contributed by atoms with E-state index in [9.17, 15) is 9.59 Å². The van der Waals surface area contributed by atoms with Crippen LogP contribution in [0.1, 0.15) is 34.6 Å². The van der Waals surface area contributed by atoms with E-state index in [0.717, 1.165) is 16.4 Å². The van der Waals surface area contributed by atoms with Gasteiger partial charge in [-0.1, -0.05) is 34.6 Å². The molecule has 2 amide bonds. The lowest BCUT2D eigenvalue weighted by molar-refractivity contribution is -0.144. The first-order valence-electron chi connectivity index (χ1n) is 10.2. The molecule has 2 aliphatic carbocycles. The lowest BCUT2D eigenvalue weighted by Gasteiger charge is -2.42. The Morgan fingerprint density at radius 1 is 1.00 bits per heavy atom. The average Bonchev–Trinajstić information content (AvgIpc) is 3.11. The number of hydrogen-bond acceptors (Lipinski definition) is 4. The molecule has 3 unspecified atom stereocenters. The first kappa shape index (κ1) is 20.1. The van der Waals surface area contributed by atoms with Crippen molar-refractivity contribution in [2.45, 2.75) is 34.6 Å². The summed E-state index contributed by atoms with van der Waals surface area (Å²) in [6.07, 6.45) is 0. The number of amides is 2. The molecule has 4 rings (SSSR count). The van der Waals surface area contributed by atoms with Crippen LogP contribution in [-0.2, 0) is 9.59 Å². The number of rotatable bonds is 3. The van der Waals surface area contributed by atoms with Gasteiger partial charge in [-0.25, -0.2) is 0 Å². The maximum Gasteiger partial charge on any atom is 0.252 e. The number of fused-ring (bicyclic) bond motifs is 5. The highest BCUT2D eigenvalue weighted by atomic mass is 32.1. The van der Waals surface area contributed by atoms with Crippen molar-refractivity contribution in [2.24, 2.45) is 40.4 Å². The van der Waals surface area contributed by atoms with E-state index in [2.05, 4.69) is 45.4 Å². The van der Waals surface area contributed by atoms with Crippen molar-refractivity contribution >= 4 is 34.8 Å². The summed E-state index contributed by atoms with van der Waals surface area (Å²) in [5.74, 6) is 0.909. The lowest BCUT2D eigenvalue weighted by atomic mass is 9.59. The van der Waals surface area contributed by atoms with Crippen molar-refractivity contribution in [3.63, 3.8) is 0 Å². The molecule has 3 aliphatic rings. The lowest BCUT2D eigenvalue weighted by Crippen LogP contribution is -2.50. The molecule has 0 aromatic heterocycles. The second-order valence-corrected chi connectivity index (χ2v) is 9.70. The quantitative estimate of drug-likeness (QED) is 0.582. The molecule has 29 heavy (non-hydrogen) atoms. The van der Waals surface area contributed by atoms with Crippen LogP contribution in [0.3, 0.4) is 0 Å². The number of benzene rings is 1. The van der Waals surface area contributed by atoms with Gasteiger partial charge in [0, 0.05) is 5.69 Å². The minimum atomic E-state index is -0.294. The molecule has 2 saturated carbocycles. The molecule has 0 spiro atoms. The molecule has 2 N–H and O–H groups in total. The van der Waals surface area contributed by atoms with Gasteiger partial charge in [-0.05, 0) is 65.1 Å². The number of methoxy groups -OCH3 is 1. The predicted molar refractivity (Wildman–Crippen MR) is 115 cm³/mol. The van der Waals surface area contributed by atoms with Gasteiger partial charge in [-0.15, -0.1) is 0 Å². The van der Waals surface area contributed by atoms with Gasteiger partial charge in [0.05, 0.1) is 18.9 Å². The first-order chi connectivity index (χ1) is 13.6. The van der Waals surface area contributed by atoms with E-state index in [1.54, 1.807) is 7.11 Å². The molecule has 6 nitrogen and oxygen atoms in total. The van der Waals surface area contributed by atoms with E-state index in [4.69, 9.17) is 17.0 Å². The van der Waals surface area contributed by atoms with Gasteiger partial charge in [0.25, 0.3) is 11.8 Å². The van der Waals surface area contributed by atoms with Gasteiger partial charge in [0.15, 0.2) is 5.11 Å². The third-order valence-electron chi connectivity index (χ3n) is 8.79. The Morgan fingerprint density at radius 2 is 1.48 bits per heavy atom. The van der Waals surface area contributed by atoms with Crippen LogP contribution in [0.2, 0.25) is 0 Å². The number of thiocarbonyl (C=S) groups is 1. The minimum absolute atomic E-state index is 0.157. The van der Waals surface area contributed by atoms with Crippen LogP contribution in [0.25, 0.3) is 0 Å². The standard InChI is InChI=1S/C22H29N3O3S/c1-11-12(2)22(5)13(3)21(11,4)16-17(22)19(27)25(18(16)26)24-20(29)23-14-7-9-15(28-6)10-8-14/h7-13,16-17H,1-6H3,(H2,23,24,29)/t11?,12?,13?,16-,17+,21-,22+. The van der Waals surface area contributed by atoms with Crippen molar-refractivity contribution in [3.8, 4) is 5.75 Å². The number of carbonyl (C=O) groups excluding carboxylic acids is 2. The fraction of sp³-hybridized carbons (Fsp3) is 0.591. The molecule has 0 radical (unpaired) electrons. The number of nitrogens with zero attached hydrogens (tertiary/aromatic N) is 1. The Bertz CT molecular complexity index is 848. The number of anilines is 1. The number of ether oxygens (including phenoxy) is 1. The molecule has 7 atom stereocenters. The van der Waals surface area contributed by atoms with Crippen LogP contribution >= 0.6 is 12.2 Å². The minimum Gasteiger partial charge on any atom is -0.497 e. The highest BCUT2D eigenvalue weighted by Crippen LogP contribution is 2.76. The predicted octanol–water partition coefficient (Wildman–Crippen LogP) is 3.45. The molecule has 1 aliphatic heterocycles. The van der Waals surface area contributed by atoms with Crippen LogP contribution in [0.4, 0.5) is 5.69 Å². The van der Waals surface area contributed by atoms with Gasteiger partial charge < -0.3 is 10.1 Å². The Morgan fingerprint density at radius 3 is 1.93 bits per heavy atom.